The minimum atomic E-state index is -0.135. The maximum absolute atomic E-state index is 12.0. The van der Waals surface area contributed by atoms with Gasteiger partial charge in [0.05, 0.1) is 13.2 Å². The maximum Gasteiger partial charge on any atom is 0.231 e. The zero-order valence-corrected chi connectivity index (χ0v) is 12.9. The second-order valence-corrected chi connectivity index (χ2v) is 5.46. The van der Waals surface area contributed by atoms with Crippen LogP contribution in [0.15, 0.2) is 18.2 Å². The molecule has 0 aromatic heterocycles. The summed E-state index contributed by atoms with van der Waals surface area (Å²) < 4.78 is 15.7. The fourth-order valence-corrected chi connectivity index (χ4v) is 2.53. The van der Waals surface area contributed by atoms with Crippen molar-refractivity contribution in [1.29, 1.82) is 0 Å². The van der Waals surface area contributed by atoms with Gasteiger partial charge in [-0.25, -0.2) is 0 Å². The summed E-state index contributed by atoms with van der Waals surface area (Å²) in [4.78, 5) is 25.6. The highest BCUT2D eigenvalue weighted by atomic mass is 16.7. The quantitative estimate of drug-likeness (QED) is 0.863. The molecule has 2 amide bonds. The van der Waals surface area contributed by atoms with Crippen molar-refractivity contribution >= 4 is 11.8 Å². The number of carbonyl (C=O) groups excluding carboxylic acids is 2. The van der Waals surface area contributed by atoms with Gasteiger partial charge in [0.1, 0.15) is 0 Å². The van der Waals surface area contributed by atoms with Crippen molar-refractivity contribution in [2.24, 2.45) is 0 Å². The number of hydrogen-bond acceptors (Lipinski definition) is 5. The molecule has 0 radical (unpaired) electrons. The van der Waals surface area contributed by atoms with E-state index in [2.05, 4.69) is 5.32 Å². The van der Waals surface area contributed by atoms with E-state index in [9.17, 15) is 9.59 Å². The van der Waals surface area contributed by atoms with Gasteiger partial charge in [0.2, 0.25) is 18.6 Å². The number of rotatable bonds is 5. The van der Waals surface area contributed by atoms with Crippen LogP contribution >= 0.6 is 0 Å². The van der Waals surface area contributed by atoms with E-state index in [1.807, 2.05) is 18.2 Å². The second-order valence-electron chi connectivity index (χ2n) is 5.46. The van der Waals surface area contributed by atoms with Crippen molar-refractivity contribution in [2.75, 3.05) is 33.1 Å². The Morgan fingerprint density at radius 2 is 1.87 bits per heavy atom. The summed E-state index contributed by atoms with van der Waals surface area (Å²) >= 11 is 0. The first-order valence-electron chi connectivity index (χ1n) is 7.73. The summed E-state index contributed by atoms with van der Waals surface area (Å²) in [6.07, 6.45) is 0.424. The Morgan fingerprint density at radius 3 is 2.70 bits per heavy atom. The third-order valence-corrected chi connectivity index (χ3v) is 3.86. The standard InChI is InChI=1S/C16H20N2O5/c19-15(3-4-16(20)18-5-7-21-8-6-18)17-10-12-1-2-13-14(9-12)23-11-22-13/h1-2,9H,3-8,10-11H2,(H,17,19). The highest BCUT2D eigenvalue weighted by molar-refractivity contribution is 5.83. The third kappa shape index (κ3) is 4.13. The van der Waals surface area contributed by atoms with E-state index in [0.29, 0.717) is 38.6 Å². The minimum Gasteiger partial charge on any atom is -0.454 e. The molecule has 0 spiro atoms. The molecule has 1 aromatic carbocycles. The van der Waals surface area contributed by atoms with E-state index < -0.39 is 0 Å². The zero-order valence-electron chi connectivity index (χ0n) is 12.9. The number of hydrogen-bond donors (Lipinski definition) is 1. The van der Waals surface area contributed by atoms with Gasteiger partial charge < -0.3 is 24.4 Å². The Labute approximate surface area is 134 Å². The number of nitrogens with zero attached hydrogens (tertiary/aromatic N) is 1. The SMILES string of the molecule is O=C(CCC(=O)N1CCOCC1)NCc1ccc2c(c1)OCO2. The number of amides is 2. The van der Waals surface area contributed by atoms with Gasteiger partial charge in [-0.2, -0.15) is 0 Å². The second kappa shape index (κ2) is 7.32. The lowest BCUT2D eigenvalue weighted by Crippen LogP contribution is -2.41. The molecule has 0 bridgehead atoms. The van der Waals surface area contributed by atoms with Crippen LogP contribution in [0.3, 0.4) is 0 Å². The van der Waals surface area contributed by atoms with Crippen LogP contribution in [-0.4, -0.2) is 49.8 Å². The third-order valence-electron chi connectivity index (χ3n) is 3.86. The molecule has 1 fully saturated rings. The minimum absolute atomic E-state index is 0.00605. The van der Waals surface area contributed by atoms with Gasteiger partial charge in [-0.15, -0.1) is 0 Å². The van der Waals surface area contributed by atoms with Gasteiger partial charge in [0, 0.05) is 32.5 Å². The lowest BCUT2D eigenvalue weighted by atomic mass is 10.2. The molecule has 2 aliphatic rings. The van der Waals surface area contributed by atoms with Crippen LogP contribution in [0.5, 0.6) is 11.5 Å². The summed E-state index contributed by atoms with van der Waals surface area (Å²) in [5.41, 5.74) is 0.933. The summed E-state index contributed by atoms with van der Waals surface area (Å²) in [5.74, 6) is 1.28. The molecular formula is C16H20N2O5. The molecule has 7 heteroatoms. The largest absolute Gasteiger partial charge is 0.454 e. The van der Waals surface area contributed by atoms with Crippen LogP contribution in [0, 0.1) is 0 Å². The molecular weight excluding hydrogens is 300 g/mol. The van der Waals surface area contributed by atoms with Crippen LogP contribution in [-0.2, 0) is 20.9 Å². The molecule has 1 N–H and O–H groups in total. The number of benzene rings is 1. The Kier molecular flexibility index (Phi) is 4.97. The highest BCUT2D eigenvalue weighted by Crippen LogP contribution is 2.32. The normalized spacial score (nSPS) is 16.3. The molecule has 124 valence electrons. The van der Waals surface area contributed by atoms with Crippen LogP contribution in [0.2, 0.25) is 0 Å². The predicted octanol–water partition coefficient (Wildman–Crippen LogP) is 0.670. The van der Waals surface area contributed by atoms with Crippen molar-refractivity contribution in [3.63, 3.8) is 0 Å². The number of nitrogens with one attached hydrogen (secondary N) is 1. The number of fused-ring (bicyclic) bond motifs is 1. The van der Waals surface area contributed by atoms with Gasteiger partial charge in [-0.1, -0.05) is 6.07 Å². The molecule has 1 aromatic rings. The Bertz CT molecular complexity index is 584. The van der Waals surface area contributed by atoms with E-state index in [1.54, 1.807) is 4.90 Å². The molecule has 0 atom stereocenters. The van der Waals surface area contributed by atoms with E-state index in [4.69, 9.17) is 14.2 Å². The van der Waals surface area contributed by atoms with E-state index in [0.717, 1.165) is 11.3 Å². The molecule has 1 saturated heterocycles. The molecule has 0 unspecified atom stereocenters. The fraction of sp³-hybridized carbons (Fsp3) is 0.500. The van der Waals surface area contributed by atoms with Gasteiger partial charge >= 0.3 is 0 Å². The molecule has 2 heterocycles. The average molecular weight is 320 g/mol. The van der Waals surface area contributed by atoms with Crippen LogP contribution in [0.1, 0.15) is 18.4 Å². The highest BCUT2D eigenvalue weighted by Gasteiger charge is 2.18. The maximum atomic E-state index is 12.0. The average Bonchev–Trinajstić information content (AvgIpc) is 3.06. The summed E-state index contributed by atoms with van der Waals surface area (Å²) in [7, 11) is 0. The van der Waals surface area contributed by atoms with E-state index in [1.165, 1.54) is 0 Å². The van der Waals surface area contributed by atoms with Crippen LogP contribution < -0.4 is 14.8 Å². The van der Waals surface area contributed by atoms with Gasteiger partial charge in [0.25, 0.3) is 0 Å². The Hall–Kier alpha value is -2.28. The Balaban J connectivity index is 1.40. The van der Waals surface area contributed by atoms with Crippen molar-refractivity contribution < 1.29 is 23.8 Å². The molecule has 0 aliphatic carbocycles. The van der Waals surface area contributed by atoms with Crippen molar-refractivity contribution in [3.05, 3.63) is 23.8 Å². The number of morpholine rings is 1. The lowest BCUT2D eigenvalue weighted by Gasteiger charge is -2.26. The Morgan fingerprint density at radius 1 is 1.09 bits per heavy atom. The first-order chi connectivity index (χ1) is 11.2. The van der Waals surface area contributed by atoms with Crippen molar-refractivity contribution in [3.8, 4) is 11.5 Å². The number of ether oxygens (including phenoxy) is 3. The summed E-state index contributed by atoms with van der Waals surface area (Å²) in [6.45, 7) is 3.00. The number of carbonyl (C=O) groups is 2. The zero-order chi connectivity index (χ0) is 16.1. The lowest BCUT2D eigenvalue weighted by molar-refractivity contribution is -0.137. The topological polar surface area (TPSA) is 77.1 Å². The van der Waals surface area contributed by atoms with Crippen molar-refractivity contribution in [1.82, 2.24) is 10.2 Å². The molecule has 3 rings (SSSR count). The molecule has 2 aliphatic heterocycles. The first-order valence-corrected chi connectivity index (χ1v) is 7.73. The van der Waals surface area contributed by atoms with Crippen LogP contribution in [0.25, 0.3) is 0 Å². The first kappa shape index (κ1) is 15.6. The molecule has 0 saturated carbocycles. The van der Waals surface area contributed by atoms with E-state index in [-0.39, 0.29) is 31.4 Å². The summed E-state index contributed by atoms with van der Waals surface area (Å²) in [6, 6.07) is 5.56. The predicted molar refractivity (Wildman–Crippen MR) is 81.0 cm³/mol. The van der Waals surface area contributed by atoms with Crippen LogP contribution in [0.4, 0.5) is 0 Å². The van der Waals surface area contributed by atoms with Gasteiger partial charge in [-0.3, -0.25) is 9.59 Å². The van der Waals surface area contributed by atoms with E-state index >= 15 is 0 Å². The fourth-order valence-electron chi connectivity index (χ4n) is 2.53. The van der Waals surface area contributed by atoms with Crippen molar-refractivity contribution in [2.45, 2.75) is 19.4 Å². The van der Waals surface area contributed by atoms with Gasteiger partial charge in [0.15, 0.2) is 11.5 Å². The summed E-state index contributed by atoms with van der Waals surface area (Å²) in [5, 5.41) is 2.82. The monoisotopic (exact) mass is 320 g/mol. The van der Waals surface area contributed by atoms with Gasteiger partial charge in [-0.05, 0) is 17.7 Å². The molecule has 7 nitrogen and oxygen atoms in total. The molecule has 23 heavy (non-hydrogen) atoms. The smallest absolute Gasteiger partial charge is 0.231 e.